The number of anilines is 1. The van der Waals surface area contributed by atoms with Crippen LogP contribution in [-0.2, 0) is 0 Å². The van der Waals surface area contributed by atoms with Crippen LogP contribution in [0.5, 0.6) is 0 Å². The minimum absolute atomic E-state index is 0.0572. The van der Waals surface area contributed by atoms with Crippen molar-refractivity contribution in [2.75, 3.05) is 12.8 Å². The first-order valence-corrected chi connectivity index (χ1v) is 6.98. The minimum Gasteiger partial charge on any atom is -0.383 e. The molecule has 100 valence electrons. The predicted molar refractivity (Wildman–Crippen MR) is 83.2 cm³/mol. The normalized spacial score (nSPS) is 12.4. The maximum atomic E-state index is 6.05. The molecule has 0 saturated carbocycles. The molecule has 2 rings (SSSR count). The zero-order valence-corrected chi connectivity index (χ0v) is 13.0. The van der Waals surface area contributed by atoms with Crippen LogP contribution >= 0.6 is 15.9 Å². The number of benzene rings is 1. The zero-order valence-electron chi connectivity index (χ0n) is 11.4. The van der Waals surface area contributed by atoms with Crippen molar-refractivity contribution in [1.82, 2.24) is 10.3 Å². The number of nitrogens with zero attached hydrogens (tertiary/aromatic N) is 1. The summed E-state index contributed by atoms with van der Waals surface area (Å²) in [6.07, 6.45) is 1.75. The molecule has 0 aliphatic rings. The van der Waals surface area contributed by atoms with Crippen LogP contribution in [0.2, 0.25) is 0 Å². The lowest BCUT2D eigenvalue weighted by molar-refractivity contribution is 0.682. The summed E-state index contributed by atoms with van der Waals surface area (Å²) in [4.78, 5) is 4.21. The van der Waals surface area contributed by atoms with Crippen LogP contribution in [0.4, 0.5) is 5.82 Å². The van der Waals surface area contributed by atoms with Crippen molar-refractivity contribution < 1.29 is 0 Å². The first-order chi connectivity index (χ1) is 9.04. The molecule has 19 heavy (non-hydrogen) atoms. The smallest absolute Gasteiger partial charge is 0.128 e. The Morgan fingerprint density at radius 1 is 1.21 bits per heavy atom. The lowest BCUT2D eigenvalue weighted by atomic mass is 9.93. The summed E-state index contributed by atoms with van der Waals surface area (Å²) in [6.45, 7) is 4.16. The first-order valence-electron chi connectivity index (χ1n) is 6.19. The van der Waals surface area contributed by atoms with Gasteiger partial charge in [-0.3, -0.25) is 0 Å². The zero-order chi connectivity index (χ0) is 14.0. The maximum absolute atomic E-state index is 6.05. The number of nitrogens with two attached hydrogens (primary N) is 1. The largest absolute Gasteiger partial charge is 0.383 e. The van der Waals surface area contributed by atoms with Crippen LogP contribution in [0.25, 0.3) is 0 Å². The van der Waals surface area contributed by atoms with E-state index in [4.69, 9.17) is 5.73 Å². The number of nitrogen functional groups attached to an aromatic ring is 1. The van der Waals surface area contributed by atoms with E-state index < -0.39 is 0 Å². The molecule has 0 aliphatic heterocycles. The minimum atomic E-state index is 0.0572. The fourth-order valence-electron chi connectivity index (χ4n) is 2.38. The van der Waals surface area contributed by atoms with Crippen molar-refractivity contribution >= 4 is 21.7 Å². The van der Waals surface area contributed by atoms with Crippen LogP contribution in [-0.4, -0.2) is 12.0 Å². The second kappa shape index (κ2) is 5.72. The predicted octanol–water partition coefficient (Wildman–Crippen LogP) is 3.35. The summed E-state index contributed by atoms with van der Waals surface area (Å²) in [7, 11) is 1.94. The third kappa shape index (κ3) is 2.80. The molecule has 0 bridgehead atoms. The number of rotatable bonds is 3. The van der Waals surface area contributed by atoms with Gasteiger partial charge in [-0.25, -0.2) is 4.98 Å². The summed E-state index contributed by atoms with van der Waals surface area (Å²) in [5.41, 5.74) is 10.7. The molecule has 0 saturated heterocycles. The molecule has 3 N–H and O–H groups in total. The van der Waals surface area contributed by atoms with E-state index in [1.54, 1.807) is 6.20 Å². The van der Waals surface area contributed by atoms with E-state index in [2.05, 4.69) is 58.3 Å². The molecular formula is C15H18BrN3. The second-order valence-corrected chi connectivity index (χ2v) is 5.57. The van der Waals surface area contributed by atoms with Gasteiger partial charge in [0.25, 0.3) is 0 Å². The van der Waals surface area contributed by atoms with Crippen molar-refractivity contribution in [3.05, 3.63) is 57.2 Å². The monoisotopic (exact) mass is 319 g/mol. The van der Waals surface area contributed by atoms with Gasteiger partial charge >= 0.3 is 0 Å². The molecule has 0 aliphatic carbocycles. The van der Waals surface area contributed by atoms with Gasteiger partial charge in [0.1, 0.15) is 5.82 Å². The number of hydrogen-bond donors (Lipinski definition) is 2. The molecular weight excluding hydrogens is 302 g/mol. The highest BCUT2D eigenvalue weighted by Crippen LogP contribution is 2.31. The average Bonchev–Trinajstić information content (AvgIpc) is 2.35. The van der Waals surface area contributed by atoms with E-state index in [9.17, 15) is 0 Å². The number of pyridine rings is 1. The van der Waals surface area contributed by atoms with Crippen molar-refractivity contribution in [1.29, 1.82) is 0 Å². The Kier molecular flexibility index (Phi) is 4.22. The van der Waals surface area contributed by atoms with Gasteiger partial charge < -0.3 is 11.1 Å². The highest BCUT2D eigenvalue weighted by molar-refractivity contribution is 9.10. The number of aromatic nitrogens is 1. The molecule has 1 heterocycles. The molecule has 2 aromatic rings. The quantitative estimate of drug-likeness (QED) is 0.912. The number of aryl methyl sites for hydroxylation is 2. The molecule has 0 radical (unpaired) electrons. The average molecular weight is 320 g/mol. The van der Waals surface area contributed by atoms with Crippen LogP contribution in [0.1, 0.15) is 28.3 Å². The summed E-state index contributed by atoms with van der Waals surface area (Å²) in [5, 5.41) is 3.34. The van der Waals surface area contributed by atoms with E-state index in [1.165, 1.54) is 11.1 Å². The Morgan fingerprint density at radius 3 is 2.53 bits per heavy atom. The second-order valence-electron chi connectivity index (χ2n) is 4.65. The van der Waals surface area contributed by atoms with Gasteiger partial charge in [-0.1, -0.05) is 22.0 Å². The van der Waals surface area contributed by atoms with E-state index in [0.717, 1.165) is 15.6 Å². The first kappa shape index (κ1) is 14.0. The van der Waals surface area contributed by atoms with Crippen molar-refractivity contribution in [2.45, 2.75) is 19.9 Å². The highest BCUT2D eigenvalue weighted by Gasteiger charge is 2.19. The molecule has 3 nitrogen and oxygen atoms in total. The van der Waals surface area contributed by atoms with Gasteiger partial charge in [-0.15, -0.1) is 0 Å². The molecule has 1 unspecified atom stereocenters. The molecule has 0 spiro atoms. The van der Waals surface area contributed by atoms with Crippen LogP contribution < -0.4 is 11.1 Å². The van der Waals surface area contributed by atoms with E-state index in [-0.39, 0.29) is 6.04 Å². The van der Waals surface area contributed by atoms with Crippen molar-refractivity contribution in [3.8, 4) is 0 Å². The molecule has 1 atom stereocenters. The van der Waals surface area contributed by atoms with Crippen molar-refractivity contribution in [2.24, 2.45) is 0 Å². The summed E-state index contributed by atoms with van der Waals surface area (Å²) >= 11 is 3.50. The third-order valence-corrected chi connectivity index (χ3v) is 3.85. The third-order valence-electron chi connectivity index (χ3n) is 3.36. The van der Waals surface area contributed by atoms with E-state index in [0.29, 0.717) is 5.82 Å². The summed E-state index contributed by atoms with van der Waals surface area (Å²) < 4.78 is 1.08. The standard InChI is InChI=1S/C15H18BrN3/c1-9-6-7-19-15(17)13(9)14(18-3)12-5-4-11(16)8-10(12)2/h4-8,14,18H,1-3H3,(H2,17,19). The van der Waals surface area contributed by atoms with Gasteiger partial charge in [0.15, 0.2) is 0 Å². The number of halogens is 1. The molecule has 4 heteroatoms. The Labute approximate surface area is 122 Å². The Bertz CT molecular complexity index is 576. The molecule has 0 fully saturated rings. The SMILES string of the molecule is CNC(c1ccc(Br)cc1C)c1c(C)ccnc1N. The molecule has 1 aromatic carbocycles. The lowest BCUT2D eigenvalue weighted by Gasteiger charge is -2.22. The van der Waals surface area contributed by atoms with E-state index >= 15 is 0 Å². The Morgan fingerprint density at radius 2 is 1.95 bits per heavy atom. The van der Waals surface area contributed by atoms with Gasteiger partial charge in [0.05, 0.1) is 6.04 Å². The maximum Gasteiger partial charge on any atom is 0.128 e. The van der Waals surface area contributed by atoms with Gasteiger partial charge in [-0.05, 0) is 55.8 Å². The van der Waals surface area contributed by atoms with Crippen LogP contribution in [0.3, 0.4) is 0 Å². The topological polar surface area (TPSA) is 50.9 Å². The fourth-order valence-corrected chi connectivity index (χ4v) is 2.86. The summed E-state index contributed by atoms with van der Waals surface area (Å²) in [5.74, 6) is 0.585. The number of hydrogen-bond acceptors (Lipinski definition) is 3. The van der Waals surface area contributed by atoms with Gasteiger partial charge in [0.2, 0.25) is 0 Å². The number of nitrogens with one attached hydrogen (secondary N) is 1. The highest BCUT2D eigenvalue weighted by atomic mass is 79.9. The fraction of sp³-hybridized carbons (Fsp3) is 0.267. The lowest BCUT2D eigenvalue weighted by Crippen LogP contribution is -2.21. The van der Waals surface area contributed by atoms with Crippen molar-refractivity contribution in [3.63, 3.8) is 0 Å². The van der Waals surface area contributed by atoms with Crippen LogP contribution in [0.15, 0.2) is 34.9 Å². The molecule has 0 amide bonds. The van der Waals surface area contributed by atoms with Gasteiger partial charge in [0, 0.05) is 16.2 Å². The summed E-state index contributed by atoms with van der Waals surface area (Å²) in [6, 6.07) is 8.33. The van der Waals surface area contributed by atoms with Gasteiger partial charge in [-0.2, -0.15) is 0 Å². The Hall–Kier alpha value is -1.39. The van der Waals surface area contributed by atoms with Crippen LogP contribution in [0, 0.1) is 13.8 Å². The Balaban J connectivity index is 2.56. The molecule has 1 aromatic heterocycles. The van der Waals surface area contributed by atoms with E-state index in [1.807, 2.05) is 13.1 Å².